The number of amides is 5. The van der Waals surface area contributed by atoms with Gasteiger partial charge in [0.1, 0.15) is 6.54 Å². The van der Waals surface area contributed by atoms with Crippen LogP contribution in [-0.4, -0.2) is 52.7 Å². The lowest BCUT2D eigenvalue weighted by Crippen LogP contribution is -2.47. The average molecular weight is 414 g/mol. The number of carbonyl (C=O) groups is 4. The Morgan fingerprint density at radius 1 is 1.07 bits per heavy atom. The summed E-state index contributed by atoms with van der Waals surface area (Å²) in [6.07, 6.45) is 4.28. The zero-order valence-electron chi connectivity index (χ0n) is 18.0. The van der Waals surface area contributed by atoms with E-state index in [1.807, 2.05) is 19.1 Å². The van der Waals surface area contributed by atoms with Crippen LogP contribution in [0.25, 0.3) is 0 Å². The number of nitrogens with one attached hydrogen (secondary N) is 1. The Hall–Kier alpha value is -2.70. The number of hydrogen-bond acceptors (Lipinski definition) is 4. The number of hydrogen-bond donors (Lipinski definition) is 1. The Balaban J connectivity index is 1.52. The van der Waals surface area contributed by atoms with Gasteiger partial charge in [-0.3, -0.25) is 19.3 Å². The van der Waals surface area contributed by atoms with Crippen LogP contribution in [0.4, 0.5) is 4.79 Å². The van der Waals surface area contributed by atoms with Crippen LogP contribution in [0.2, 0.25) is 0 Å². The molecule has 7 heteroatoms. The van der Waals surface area contributed by atoms with Crippen molar-refractivity contribution in [1.29, 1.82) is 0 Å². The fourth-order valence-electron chi connectivity index (χ4n) is 4.25. The van der Waals surface area contributed by atoms with Gasteiger partial charge >= 0.3 is 17.8 Å². The van der Waals surface area contributed by atoms with Crippen LogP contribution in [0.15, 0.2) is 24.3 Å². The van der Waals surface area contributed by atoms with Crippen LogP contribution in [-0.2, 0) is 20.8 Å². The van der Waals surface area contributed by atoms with Crippen molar-refractivity contribution < 1.29 is 19.2 Å². The Morgan fingerprint density at radius 2 is 1.73 bits per heavy atom. The van der Waals surface area contributed by atoms with Crippen molar-refractivity contribution in [1.82, 2.24) is 15.1 Å². The SMILES string of the molecule is CC(C)c1ccc(CCNC(=O)CN2C(=O)C(=O)N([C@@H]3CCCC[C@@H]3C)C2=O)cc1. The summed E-state index contributed by atoms with van der Waals surface area (Å²) in [5.41, 5.74) is 2.36. The minimum absolute atomic E-state index is 0.162. The van der Waals surface area contributed by atoms with Gasteiger partial charge in [0.2, 0.25) is 5.91 Å². The maximum Gasteiger partial charge on any atom is 0.334 e. The molecule has 0 radical (unpaired) electrons. The third kappa shape index (κ3) is 4.71. The topological polar surface area (TPSA) is 86.8 Å². The van der Waals surface area contributed by atoms with E-state index in [4.69, 9.17) is 0 Å². The van der Waals surface area contributed by atoms with E-state index in [0.29, 0.717) is 25.3 Å². The van der Waals surface area contributed by atoms with Gasteiger partial charge in [0, 0.05) is 12.6 Å². The van der Waals surface area contributed by atoms with E-state index in [1.54, 1.807) is 0 Å². The van der Waals surface area contributed by atoms with E-state index in [1.165, 1.54) is 5.56 Å². The van der Waals surface area contributed by atoms with Gasteiger partial charge in [0.15, 0.2) is 0 Å². The minimum atomic E-state index is -0.905. The Labute approximate surface area is 177 Å². The fraction of sp³-hybridized carbons (Fsp3) is 0.565. The summed E-state index contributed by atoms with van der Waals surface area (Å²) in [6, 6.07) is 7.31. The summed E-state index contributed by atoms with van der Waals surface area (Å²) >= 11 is 0. The van der Waals surface area contributed by atoms with Crippen LogP contribution >= 0.6 is 0 Å². The molecule has 1 saturated carbocycles. The summed E-state index contributed by atoms with van der Waals surface area (Å²) < 4.78 is 0. The first kappa shape index (κ1) is 22.0. The molecule has 1 N–H and O–H groups in total. The van der Waals surface area contributed by atoms with Crippen LogP contribution < -0.4 is 5.32 Å². The molecule has 30 heavy (non-hydrogen) atoms. The average Bonchev–Trinajstić information content (AvgIpc) is 2.92. The molecule has 0 bridgehead atoms. The lowest BCUT2D eigenvalue weighted by Gasteiger charge is -2.34. The molecule has 1 heterocycles. The molecule has 162 valence electrons. The molecule has 2 aliphatic rings. The lowest BCUT2D eigenvalue weighted by atomic mass is 9.85. The molecular weight excluding hydrogens is 382 g/mol. The molecule has 1 aromatic rings. The molecule has 1 saturated heterocycles. The number of imide groups is 2. The highest BCUT2D eigenvalue weighted by Gasteiger charge is 2.49. The minimum Gasteiger partial charge on any atom is -0.354 e. The zero-order valence-corrected chi connectivity index (χ0v) is 18.0. The predicted molar refractivity (Wildman–Crippen MR) is 113 cm³/mol. The number of nitrogens with zero attached hydrogens (tertiary/aromatic N) is 2. The molecule has 2 atom stereocenters. The second kappa shape index (κ2) is 9.41. The van der Waals surface area contributed by atoms with Gasteiger partial charge in [-0.05, 0) is 42.2 Å². The van der Waals surface area contributed by atoms with Crippen LogP contribution in [0.3, 0.4) is 0 Å². The van der Waals surface area contributed by atoms with Crippen molar-refractivity contribution in [2.75, 3.05) is 13.1 Å². The smallest absolute Gasteiger partial charge is 0.334 e. The molecule has 1 aliphatic carbocycles. The van der Waals surface area contributed by atoms with Crippen LogP contribution in [0, 0.1) is 5.92 Å². The van der Waals surface area contributed by atoms with Crippen molar-refractivity contribution >= 4 is 23.8 Å². The predicted octanol–water partition coefficient (Wildman–Crippen LogP) is 2.84. The molecule has 5 amide bonds. The van der Waals surface area contributed by atoms with Gasteiger partial charge in [0.25, 0.3) is 0 Å². The van der Waals surface area contributed by atoms with E-state index in [2.05, 4.69) is 31.3 Å². The van der Waals surface area contributed by atoms with Gasteiger partial charge in [-0.25, -0.2) is 9.69 Å². The van der Waals surface area contributed by atoms with Crippen molar-refractivity contribution in [3.8, 4) is 0 Å². The standard InChI is InChI=1S/C23H31N3O4/c1-15(2)18-10-8-17(9-11-18)12-13-24-20(27)14-25-21(28)22(29)26(23(25)30)19-7-5-4-6-16(19)3/h8-11,15-16,19H,4-7,12-14H2,1-3H3,(H,24,27)/t16-,19+/m0/s1. The Bertz CT molecular complexity index is 818. The molecule has 1 aliphatic heterocycles. The van der Waals surface area contributed by atoms with Gasteiger partial charge in [-0.2, -0.15) is 0 Å². The highest BCUT2D eigenvalue weighted by molar-refractivity contribution is 6.45. The molecule has 7 nitrogen and oxygen atoms in total. The molecule has 0 aromatic heterocycles. The van der Waals surface area contributed by atoms with Gasteiger partial charge in [-0.15, -0.1) is 0 Å². The molecular formula is C23H31N3O4. The van der Waals surface area contributed by atoms with E-state index in [0.717, 1.165) is 34.6 Å². The second-order valence-electron chi connectivity index (χ2n) is 8.67. The number of urea groups is 1. The first-order valence-corrected chi connectivity index (χ1v) is 10.8. The van der Waals surface area contributed by atoms with Gasteiger partial charge in [-0.1, -0.05) is 57.9 Å². The van der Waals surface area contributed by atoms with Crippen LogP contribution in [0.5, 0.6) is 0 Å². The van der Waals surface area contributed by atoms with Crippen molar-refractivity contribution in [2.24, 2.45) is 5.92 Å². The zero-order chi connectivity index (χ0) is 21.8. The quantitative estimate of drug-likeness (QED) is 0.550. The molecule has 0 unspecified atom stereocenters. The van der Waals surface area contributed by atoms with Crippen molar-refractivity contribution in [3.63, 3.8) is 0 Å². The Kier molecular flexibility index (Phi) is 6.90. The van der Waals surface area contributed by atoms with Crippen molar-refractivity contribution in [3.05, 3.63) is 35.4 Å². The lowest BCUT2D eigenvalue weighted by molar-refractivity contribution is -0.145. The number of rotatable bonds is 7. The summed E-state index contributed by atoms with van der Waals surface area (Å²) in [4.78, 5) is 51.6. The third-order valence-electron chi connectivity index (χ3n) is 6.17. The summed E-state index contributed by atoms with van der Waals surface area (Å²) in [5, 5.41) is 2.74. The van der Waals surface area contributed by atoms with E-state index in [-0.39, 0.29) is 12.0 Å². The Morgan fingerprint density at radius 3 is 2.37 bits per heavy atom. The van der Waals surface area contributed by atoms with Crippen molar-refractivity contribution in [2.45, 2.75) is 64.8 Å². The fourth-order valence-corrected chi connectivity index (χ4v) is 4.25. The third-order valence-corrected chi connectivity index (χ3v) is 6.17. The van der Waals surface area contributed by atoms with Gasteiger partial charge in [0.05, 0.1) is 0 Å². The number of benzene rings is 1. The first-order chi connectivity index (χ1) is 14.3. The normalized spacial score (nSPS) is 22.2. The highest BCUT2D eigenvalue weighted by Crippen LogP contribution is 2.31. The maximum atomic E-state index is 12.7. The largest absolute Gasteiger partial charge is 0.354 e. The molecule has 2 fully saturated rings. The maximum absolute atomic E-state index is 12.7. The molecule has 0 spiro atoms. The highest BCUT2D eigenvalue weighted by atomic mass is 16.2. The summed E-state index contributed by atoms with van der Waals surface area (Å²) in [5.74, 6) is -1.53. The van der Waals surface area contributed by atoms with E-state index < -0.39 is 30.3 Å². The van der Waals surface area contributed by atoms with E-state index >= 15 is 0 Å². The summed E-state index contributed by atoms with van der Waals surface area (Å²) in [6.45, 7) is 6.24. The number of carbonyl (C=O) groups excluding carboxylic acids is 4. The first-order valence-electron chi connectivity index (χ1n) is 10.8. The second-order valence-corrected chi connectivity index (χ2v) is 8.67. The van der Waals surface area contributed by atoms with E-state index in [9.17, 15) is 19.2 Å². The van der Waals surface area contributed by atoms with Gasteiger partial charge < -0.3 is 5.32 Å². The molecule has 3 rings (SSSR count). The van der Waals surface area contributed by atoms with Crippen LogP contribution in [0.1, 0.15) is 63.5 Å². The summed E-state index contributed by atoms with van der Waals surface area (Å²) in [7, 11) is 0. The molecule has 1 aromatic carbocycles. The monoisotopic (exact) mass is 413 g/mol.